The SMILES string of the molecule is C=CCCCCCCCCCCC1(O)C(SCCN=C(N)N)CC2=[N+](CCCCNC(=C)N)CCCN21.[Cl-]. The molecule has 2 rings (SSSR count). The second-order valence-electron chi connectivity index (χ2n) is 10.5. The molecule has 0 spiro atoms. The van der Waals surface area contributed by atoms with Gasteiger partial charge in [-0.05, 0) is 32.1 Å². The van der Waals surface area contributed by atoms with E-state index < -0.39 is 5.72 Å². The third kappa shape index (κ3) is 12.1. The van der Waals surface area contributed by atoms with Crippen LogP contribution >= 0.6 is 11.8 Å². The number of nitrogens with one attached hydrogen (secondary N) is 1. The molecule has 8 nitrogen and oxygen atoms in total. The van der Waals surface area contributed by atoms with Gasteiger partial charge in [-0.2, -0.15) is 0 Å². The lowest BCUT2D eigenvalue weighted by atomic mass is 9.99. The van der Waals surface area contributed by atoms with E-state index in [4.69, 9.17) is 17.2 Å². The molecule has 220 valence electrons. The van der Waals surface area contributed by atoms with Crippen LogP contribution in [0.25, 0.3) is 0 Å². The molecular weight excluding hydrogens is 518 g/mol. The zero-order chi connectivity index (χ0) is 26.9. The third-order valence-corrected chi connectivity index (χ3v) is 8.82. The molecule has 0 bridgehead atoms. The van der Waals surface area contributed by atoms with Crippen molar-refractivity contribution in [3.8, 4) is 0 Å². The molecule has 0 radical (unpaired) electrons. The first-order chi connectivity index (χ1) is 17.9. The zero-order valence-electron chi connectivity index (χ0n) is 23.5. The number of halogens is 1. The van der Waals surface area contributed by atoms with Crippen LogP contribution in [0.1, 0.15) is 89.9 Å². The number of guanidine groups is 1. The lowest BCUT2D eigenvalue weighted by Gasteiger charge is -2.35. The number of aliphatic imine (C=N–C) groups is 1. The van der Waals surface area contributed by atoms with Gasteiger partial charge in [0.05, 0.1) is 43.7 Å². The summed E-state index contributed by atoms with van der Waals surface area (Å²) < 4.78 is 2.51. The maximum Gasteiger partial charge on any atom is 0.250 e. The second kappa shape index (κ2) is 19.5. The van der Waals surface area contributed by atoms with E-state index >= 15 is 0 Å². The van der Waals surface area contributed by atoms with E-state index in [0.717, 1.165) is 76.9 Å². The van der Waals surface area contributed by atoms with E-state index in [2.05, 4.69) is 32.9 Å². The number of nitrogens with two attached hydrogens (primary N) is 3. The van der Waals surface area contributed by atoms with Crippen molar-refractivity contribution in [2.45, 2.75) is 101 Å². The van der Waals surface area contributed by atoms with Crippen molar-refractivity contribution >= 4 is 23.6 Å². The van der Waals surface area contributed by atoms with Crippen LogP contribution in [-0.2, 0) is 0 Å². The molecular formula is C28H54ClN7OS. The van der Waals surface area contributed by atoms with Gasteiger partial charge in [0, 0.05) is 25.1 Å². The standard InChI is InChI=1S/C28H54N7OS.ClH/c1-3-4-5-6-7-8-9-10-11-12-16-28(36)25(37-22-18-33-27(30)31)23-26-34(20-15-21-35(26)28)19-14-13-17-32-24(2)29;/h3,25,32,36H,1-2,4-23,29H2,(H4,30,31,33);1H/q+1;/p-1. The number of nitrogens with zero attached hydrogens (tertiary/aromatic N) is 3. The number of rotatable bonds is 21. The van der Waals surface area contributed by atoms with Gasteiger partial charge < -0.3 is 40.0 Å². The average Bonchev–Trinajstić information content (AvgIpc) is 3.15. The molecule has 10 heteroatoms. The normalized spacial score (nSPS) is 20.6. The molecule has 0 saturated carbocycles. The Morgan fingerprint density at radius 3 is 2.45 bits per heavy atom. The minimum Gasteiger partial charge on any atom is -1.00 e. The van der Waals surface area contributed by atoms with Crippen LogP contribution in [0, 0.1) is 0 Å². The first-order valence-electron chi connectivity index (χ1n) is 14.5. The monoisotopic (exact) mass is 571 g/mol. The minimum absolute atomic E-state index is 0. The van der Waals surface area contributed by atoms with Crippen molar-refractivity contribution in [1.29, 1.82) is 0 Å². The van der Waals surface area contributed by atoms with Gasteiger partial charge in [0.2, 0.25) is 5.72 Å². The molecule has 2 heterocycles. The number of hydrogen-bond acceptors (Lipinski definition) is 6. The van der Waals surface area contributed by atoms with Crippen LogP contribution in [-0.4, -0.2) is 75.8 Å². The number of fused-ring (bicyclic) bond motifs is 1. The van der Waals surface area contributed by atoms with Gasteiger partial charge >= 0.3 is 0 Å². The van der Waals surface area contributed by atoms with Gasteiger partial charge in [-0.3, -0.25) is 9.57 Å². The van der Waals surface area contributed by atoms with E-state index in [-0.39, 0.29) is 23.6 Å². The van der Waals surface area contributed by atoms with Crippen LogP contribution in [0.4, 0.5) is 0 Å². The largest absolute Gasteiger partial charge is 1.00 e. The van der Waals surface area contributed by atoms with Crippen molar-refractivity contribution in [3.63, 3.8) is 0 Å². The molecule has 0 aromatic rings. The lowest BCUT2D eigenvalue weighted by Crippen LogP contribution is -3.00. The summed E-state index contributed by atoms with van der Waals surface area (Å²) in [6.07, 6.45) is 18.1. The number of unbranched alkanes of at least 4 members (excludes halogenated alkanes) is 9. The third-order valence-electron chi connectivity index (χ3n) is 7.45. The van der Waals surface area contributed by atoms with Crippen molar-refractivity contribution in [2.75, 3.05) is 38.5 Å². The summed E-state index contributed by atoms with van der Waals surface area (Å²) in [7, 11) is 0. The Labute approximate surface area is 242 Å². The number of hydrogen-bond donors (Lipinski definition) is 5. The predicted molar refractivity (Wildman–Crippen MR) is 160 cm³/mol. The molecule has 0 aromatic carbocycles. The second-order valence-corrected chi connectivity index (χ2v) is 11.8. The fourth-order valence-electron chi connectivity index (χ4n) is 5.52. The van der Waals surface area contributed by atoms with Crippen molar-refractivity contribution in [3.05, 3.63) is 25.1 Å². The fourth-order valence-corrected chi connectivity index (χ4v) is 6.78. The Balaban J connectivity index is 0.00000722. The first kappa shape index (κ1) is 34.4. The van der Waals surface area contributed by atoms with E-state index in [1.165, 1.54) is 50.8 Å². The van der Waals surface area contributed by atoms with Gasteiger partial charge in [-0.1, -0.05) is 51.2 Å². The number of thioether (sulfide) groups is 1. The maximum absolute atomic E-state index is 12.1. The summed E-state index contributed by atoms with van der Waals surface area (Å²) in [6, 6.07) is 0. The summed E-state index contributed by atoms with van der Waals surface area (Å²) in [5, 5.41) is 15.4. The Morgan fingerprint density at radius 1 is 1.11 bits per heavy atom. The quantitative estimate of drug-likeness (QED) is 0.0445. The van der Waals surface area contributed by atoms with E-state index in [1.54, 1.807) is 0 Å². The molecule has 2 atom stereocenters. The van der Waals surface area contributed by atoms with Crippen LogP contribution in [0.2, 0.25) is 0 Å². The average molecular weight is 572 g/mol. The molecule has 8 N–H and O–H groups in total. The van der Waals surface area contributed by atoms with Crippen LogP contribution in [0.3, 0.4) is 0 Å². The molecule has 2 aliphatic rings. The topological polar surface area (TPSA) is 129 Å². The predicted octanol–water partition coefficient (Wildman–Crippen LogP) is 0.461. The first-order valence-corrected chi connectivity index (χ1v) is 15.5. The molecule has 0 aliphatic carbocycles. The molecule has 0 aromatic heterocycles. The van der Waals surface area contributed by atoms with Gasteiger partial charge in [-0.25, -0.2) is 4.90 Å². The Bertz CT molecular complexity index is 759. The molecule has 2 aliphatic heterocycles. The molecule has 0 amide bonds. The zero-order valence-corrected chi connectivity index (χ0v) is 25.1. The fraction of sp³-hybridized carbons (Fsp3) is 0.786. The van der Waals surface area contributed by atoms with Gasteiger partial charge in [0.15, 0.2) is 5.96 Å². The van der Waals surface area contributed by atoms with Gasteiger partial charge in [0.25, 0.3) is 5.84 Å². The van der Waals surface area contributed by atoms with Crippen LogP contribution < -0.4 is 34.9 Å². The molecule has 1 saturated heterocycles. The number of amidine groups is 1. The molecule has 38 heavy (non-hydrogen) atoms. The number of allylic oxidation sites excluding steroid dienone is 1. The Kier molecular flexibility index (Phi) is 17.7. The lowest BCUT2D eigenvalue weighted by molar-refractivity contribution is -0.540. The summed E-state index contributed by atoms with van der Waals surface area (Å²) >= 11 is 1.82. The smallest absolute Gasteiger partial charge is 0.250 e. The van der Waals surface area contributed by atoms with Crippen LogP contribution in [0.5, 0.6) is 0 Å². The maximum atomic E-state index is 12.1. The summed E-state index contributed by atoms with van der Waals surface area (Å²) in [5.74, 6) is 2.80. The highest BCUT2D eigenvalue weighted by Gasteiger charge is 2.57. The van der Waals surface area contributed by atoms with Gasteiger partial charge in [0.1, 0.15) is 0 Å². The van der Waals surface area contributed by atoms with E-state index in [0.29, 0.717) is 12.4 Å². The highest BCUT2D eigenvalue weighted by Crippen LogP contribution is 2.41. The summed E-state index contributed by atoms with van der Waals surface area (Å²) in [6.45, 7) is 12.0. The molecule has 2 unspecified atom stereocenters. The highest BCUT2D eigenvalue weighted by atomic mass is 35.5. The van der Waals surface area contributed by atoms with Crippen molar-refractivity contribution in [2.24, 2.45) is 22.2 Å². The van der Waals surface area contributed by atoms with Gasteiger partial charge in [-0.15, -0.1) is 18.3 Å². The Hall–Kier alpha value is -1.58. The summed E-state index contributed by atoms with van der Waals surface area (Å²) in [4.78, 5) is 6.49. The van der Waals surface area contributed by atoms with E-state index in [1.807, 2.05) is 17.8 Å². The highest BCUT2D eigenvalue weighted by molar-refractivity contribution is 8.00. The van der Waals surface area contributed by atoms with E-state index in [9.17, 15) is 5.11 Å². The Morgan fingerprint density at radius 2 is 1.79 bits per heavy atom. The van der Waals surface area contributed by atoms with Crippen LogP contribution in [0.15, 0.2) is 30.0 Å². The minimum atomic E-state index is -0.791. The summed E-state index contributed by atoms with van der Waals surface area (Å²) in [5.41, 5.74) is 15.8. The van der Waals surface area contributed by atoms with Crippen molar-refractivity contribution < 1.29 is 22.1 Å². The number of aliphatic hydroxyl groups is 1. The molecule has 1 fully saturated rings. The van der Waals surface area contributed by atoms with Crippen molar-refractivity contribution in [1.82, 2.24) is 10.2 Å².